The van der Waals surface area contributed by atoms with Crippen LogP contribution in [0.15, 0.2) is 0 Å². The van der Waals surface area contributed by atoms with E-state index < -0.39 is 0 Å². The first-order chi connectivity index (χ1) is 7.66. The van der Waals surface area contributed by atoms with Crippen LogP contribution in [0.5, 0.6) is 0 Å². The van der Waals surface area contributed by atoms with Gasteiger partial charge in [-0.25, -0.2) is 0 Å². The van der Waals surface area contributed by atoms with Crippen LogP contribution in [-0.4, -0.2) is 35.7 Å². The highest BCUT2D eigenvalue weighted by Crippen LogP contribution is 2.24. The highest BCUT2D eigenvalue weighted by atomic mass is 35.5. The molecule has 2 fully saturated rings. The summed E-state index contributed by atoms with van der Waals surface area (Å²) >= 11 is 0. The largest absolute Gasteiger partial charge is 0.392 e. The smallest absolute Gasteiger partial charge is 0.237 e. The van der Waals surface area contributed by atoms with Crippen LogP contribution in [0, 0.1) is 5.92 Å². The molecule has 4 nitrogen and oxygen atoms in total. The SMILES string of the molecule is CC1CCCCC1NC(=O)C1CC(O)CN1.Cl. The number of nitrogens with one attached hydrogen (secondary N) is 2. The maximum Gasteiger partial charge on any atom is 0.237 e. The zero-order valence-electron chi connectivity index (χ0n) is 10.3. The van der Waals surface area contributed by atoms with Gasteiger partial charge in [-0.3, -0.25) is 4.79 Å². The van der Waals surface area contributed by atoms with Crippen molar-refractivity contribution in [2.75, 3.05) is 6.54 Å². The molecule has 4 unspecified atom stereocenters. The predicted octanol–water partition coefficient (Wildman–Crippen LogP) is 0.826. The lowest BCUT2D eigenvalue weighted by atomic mass is 9.86. The number of halogens is 1. The Morgan fingerprint density at radius 1 is 1.35 bits per heavy atom. The van der Waals surface area contributed by atoms with Crippen LogP contribution in [-0.2, 0) is 4.79 Å². The zero-order valence-corrected chi connectivity index (χ0v) is 11.1. The number of hydrogen-bond donors (Lipinski definition) is 3. The first-order valence-corrected chi connectivity index (χ1v) is 6.38. The van der Waals surface area contributed by atoms with E-state index in [4.69, 9.17) is 0 Å². The van der Waals surface area contributed by atoms with E-state index in [1.54, 1.807) is 0 Å². The summed E-state index contributed by atoms with van der Waals surface area (Å²) < 4.78 is 0. The predicted molar refractivity (Wildman–Crippen MR) is 69.2 cm³/mol. The molecule has 1 amide bonds. The third-order valence-corrected chi connectivity index (χ3v) is 3.86. The Labute approximate surface area is 109 Å². The van der Waals surface area contributed by atoms with Gasteiger partial charge in [-0.2, -0.15) is 0 Å². The second-order valence-electron chi connectivity index (χ2n) is 5.23. The molecule has 5 heteroatoms. The van der Waals surface area contributed by atoms with Gasteiger partial charge in [0.05, 0.1) is 12.1 Å². The Balaban J connectivity index is 0.00000144. The molecule has 1 heterocycles. The van der Waals surface area contributed by atoms with Gasteiger partial charge in [0.25, 0.3) is 0 Å². The van der Waals surface area contributed by atoms with Crippen LogP contribution in [0.2, 0.25) is 0 Å². The molecule has 1 aliphatic heterocycles. The average molecular weight is 263 g/mol. The third-order valence-electron chi connectivity index (χ3n) is 3.86. The minimum absolute atomic E-state index is 0. The summed E-state index contributed by atoms with van der Waals surface area (Å²) in [5.74, 6) is 0.652. The van der Waals surface area contributed by atoms with Crippen molar-refractivity contribution in [2.24, 2.45) is 5.92 Å². The van der Waals surface area contributed by atoms with Crippen LogP contribution < -0.4 is 10.6 Å². The average Bonchev–Trinajstić information content (AvgIpc) is 2.68. The van der Waals surface area contributed by atoms with Crippen LogP contribution in [0.4, 0.5) is 0 Å². The monoisotopic (exact) mass is 262 g/mol. The van der Waals surface area contributed by atoms with E-state index in [-0.39, 0.29) is 30.5 Å². The number of carbonyl (C=O) groups is 1. The van der Waals surface area contributed by atoms with Crippen LogP contribution >= 0.6 is 12.4 Å². The van der Waals surface area contributed by atoms with Crippen molar-refractivity contribution in [3.8, 4) is 0 Å². The summed E-state index contributed by atoms with van der Waals surface area (Å²) in [4.78, 5) is 11.9. The van der Waals surface area contributed by atoms with Crippen molar-refractivity contribution >= 4 is 18.3 Å². The summed E-state index contributed by atoms with van der Waals surface area (Å²) in [5.41, 5.74) is 0. The van der Waals surface area contributed by atoms with E-state index in [2.05, 4.69) is 17.6 Å². The molecular formula is C12H23ClN2O2. The summed E-state index contributed by atoms with van der Waals surface area (Å²) in [5, 5.41) is 15.5. The van der Waals surface area contributed by atoms with Crippen molar-refractivity contribution in [1.29, 1.82) is 0 Å². The maximum absolute atomic E-state index is 11.9. The minimum atomic E-state index is -0.362. The van der Waals surface area contributed by atoms with E-state index in [1.807, 2.05) is 0 Å². The molecule has 0 radical (unpaired) electrons. The molecule has 100 valence electrons. The number of carbonyl (C=O) groups excluding carboxylic acids is 1. The van der Waals surface area contributed by atoms with Gasteiger partial charge < -0.3 is 15.7 Å². The molecule has 1 saturated carbocycles. The van der Waals surface area contributed by atoms with Gasteiger partial charge in [-0.15, -0.1) is 12.4 Å². The van der Waals surface area contributed by atoms with Gasteiger partial charge in [0.2, 0.25) is 5.91 Å². The van der Waals surface area contributed by atoms with Gasteiger partial charge >= 0.3 is 0 Å². The zero-order chi connectivity index (χ0) is 11.5. The lowest BCUT2D eigenvalue weighted by Gasteiger charge is -2.30. The molecule has 17 heavy (non-hydrogen) atoms. The second kappa shape index (κ2) is 6.57. The topological polar surface area (TPSA) is 61.4 Å². The van der Waals surface area contributed by atoms with E-state index in [9.17, 15) is 9.90 Å². The van der Waals surface area contributed by atoms with Crippen LogP contribution in [0.1, 0.15) is 39.0 Å². The van der Waals surface area contributed by atoms with E-state index >= 15 is 0 Å². The molecule has 0 aromatic carbocycles. The Kier molecular flexibility index (Phi) is 5.70. The van der Waals surface area contributed by atoms with Gasteiger partial charge in [0, 0.05) is 12.6 Å². The number of β-amino-alcohol motifs (C(OH)–C–C–N with tert-alkyl or cyclic N) is 1. The maximum atomic E-state index is 11.9. The Morgan fingerprint density at radius 2 is 2.06 bits per heavy atom. The minimum Gasteiger partial charge on any atom is -0.392 e. The fourth-order valence-corrected chi connectivity index (χ4v) is 2.73. The Bertz CT molecular complexity index is 263. The molecule has 3 N–H and O–H groups in total. The molecule has 2 rings (SSSR count). The quantitative estimate of drug-likeness (QED) is 0.691. The molecule has 0 spiro atoms. The number of amides is 1. The summed E-state index contributed by atoms with van der Waals surface area (Å²) in [6.07, 6.45) is 5.00. The Morgan fingerprint density at radius 3 is 2.65 bits per heavy atom. The number of hydrogen-bond acceptors (Lipinski definition) is 3. The second-order valence-corrected chi connectivity index (χ2v) is 5.23. The van der Waals surface area contributed by atoms with Crippen molar-refractivity contribution in [3.63, 3.8) is 0 Å². The van der Waals surface area contributed by atoms with Gasteiger partial charge in [0.15, 0.2) is 0 Å². The molecule has 0 aromatic rings. The van der Waals surface area contributed by atoms with Gasteiger partial charge in [-0.1, -0.05) is 19.8 Å². The lowest BCUT2D eigenvalue weighted by molar-refractivity contribution is -0.124. The summed E-state index contributed by atoms with van der Waals surface area (Å²) in [6.45, 7) is 2.75. The van der Waals surface area contributed by atoms with Gasteiger partial charge in [-0.05, 0) is 25.2 Å². The first kappa shape index (κ1) is 14.7. The fraction of sp³-hybridized carbons (Fsp3) is 0.917. The van der Waals surface area contributed by atoms with Crippen molar-refractivity contribution in [2.45, 2.75) is 57.2 Å². The normalized spacial score (nSPS) is 37.3. The number of rotatable bonds is 2. The molecule has 4 atom stereocenters. The number of aliphatic hydroxyl groups is 1. The molecule has 1 saturated heterocycles. The number of aliphatic hydroxyl groups excluding tert-OH is 1. The molecule has 0 aromatic heterocycles. The highest BCUT2D eigenvalue weighted by Gasteiger charge is 2.30. The third kappa shape index (κ3) is 3.83. The standard InChI is InChI=1S/C12H22N2O2.ClH/c1-8-4-2-3-5-10(8)14-12(16)11-6-9(15)7-13-11;/h8-11,13,15H,2-7H2,1H3,(H,14,16);1H. The van der Waals surface area contributed by atoms with E-state index in [0.29, 0.717) is 24.9 Å². The van der Waals surface area contributed by atoms with Crippen molar-refractivity contribution < 1.29 is 9.90 Å². The highest BCUT2D eigenvalue weighted by molar-refractivity contribution is 5.85. The van der Waals surface area contributed by atoms with Crippen LogP contribution in [0.3, 0.4) is 0 Å². The molecular weight excluding hydrogens is 240 g/mol. The molecule has 2 aliphatic rings. The molecule has 0 bridgehead atoms. The summed E-state index contributed by atoms with van der Waals surface area (Å²) in [6, 6.07) is 0.143. The van der Waals surface area contributed by atoms with E-state index in [1.165, 1.54) is 19.3 Å². The lowest BCUT2D eigenvalue weighted by Crippen LogP contribution is -2.48. The van der Waals surface area contributed by atoms with Crippen molar-refractivity contribution in [1.82, 2.24) is 10.6 Å². The van der Waals surface area contributed by atoms with Gasteiger partial charge in [0.1, 0.15) is 0 Å². The first-order valence-electron chi connectivity index (χ1n) is 6.38. The van der Waals surface area contributed by atoms with Crippen LogP contribution in [0.25, 0.3) is 0 Å². The summed E-state index contributed by atoms with van der Waals surface area (Å²) in [7, 11) is 0. The Hall–Kier alpha value is -0.320. The molecule has 1 aliphatic carbocycles. The van der Waals surface area contributed by atoms with E-state index in [0.717, 1.165) is 6.42 Å². The van der Waals surface area contributed by atoms with Crippen molar-refractivity contribution in [3.05, 3.63) is 0 Å². The fourth-order valence-electron chi connectivity index (χ4n) is 2.73.